The van der Waals surface area contributed by atoms with E-state index < -0.39 is 0 Å². The van der Waals surface area contributed by atoms with Gasteiger partial charge in [-0.05, 0) is 44.2 Å². The van der Waals surface area contributed by atoms with Crippen LogP contribution in [0.25, 0.3) is 11.0 Å². The fourth-order valence-electron chi connectivity index (χ4n) is 5.06. The van der Waals surface area contributed by atoms with Crippen LogP contribution in [-0.4, -0.2) is 78.7 Å². The van der Waals surface area contributed by atoms with Crippen LogP contribution in [0.2, 0.25) is 0 Å². The van der Waals surface area contributed by atoms with Gasteiger partial charge in [0, 0.05) is 33.1 Å². The smallest absolute Gasteiger partial charge is 0.238 e. The number of fused-ring (bicyclic) bond motifs is 1. The highest BCUT2D eigenvalue weighted by atomic mass is 16.5. The number of methoxy groups -OCH3 is 1. The molecule has 39 heavy (non-hydrogen) atoms. The lowest BCUT2D eigenvalue weighted by molar-refractivity contribution is -0.117. The summed E-state index contributed by atoms with van der Waals surface area (Å²) in [6.45, 7) is 5.58. The highest BCUT2D eigenvalue weighted by Gasteiger charge is 2.47. The fourth-order valence-corrected chi connectivity index (χ4v) is 5.06. The maximum Gasteiger partial charge on any atom is 0.238 e. The topological polar surface area (TPSA) is 140 Å². The molecule has 2 aliphatic rings. The van der Waals surface area contributed by atoms with Crippen LogP contribution in [0.15, 0.2) is 30.9 Å². The first-order chi connectivity index (χ1) is 18.9. The molecule has 0 unspecified atom stereocenters. The number of anilines is 5. The Morgan fingerprint density at radius 1 is 1.13 bits per heavy atom. The number of aryl methyl sites for hydroxylation is 2. The zero-order valence-corrected chi connectivity index (χ0v) is 22.4. The number of amides is 1. The number of nitrogens with zero attached hydrogens (tertiary/aromatic N) is 8. The Balaban J connectivity index is 1.14. The minimum absolute atomic E-state index is 0.0229. The third-order valence-electron chi connectivity index (χ3n) is 7.46. The SMILES string of the molecule is COCCn1cc(Nc2ncc3c(Nc4cc(NC(=O)CN5CCC6(CC6)C5)cnc4C)nn(C)c3n2)cn1. The number of carbonyl (C=O) groups is 1. The molecule has 5 heterocycles. The molecule has 2 fully saturated rings. The first-order valence-electron chi connectivity index (χ1n) is 13.1. The van der Waals surface area contributed by atoms with Crippen molar-refractivity contribution in [3.05, 3.63) is 36.5 Å². The normalized spacial score (nSPS) is 16.2. The molecule has 1 aliphatic carbocycles. The van der Waals surface area contributed by atoms with Crippen molar-refractivity contribution in [1.82, 2.24) is 39.4 Å². The Labute approximate surface area is 226 Å². The van der Waals surface area contributed by atoms with Gasteiger partial charge in [0.1, 0.15) is 0 Å². The van der Waals surface area contributed by atoms with Crippen LogP contribution in [0.5, 0.6) is 0 Å². The summed E-state index contributed by atoms with van der Waals surface area (Å²) in [4.78, 5) is 28.5. The van der Waals surface area contributed by atoms with Crippen LogP contribution in [0.3, 0.4) is 0 Å². The van der Waals surface area contributed by atoms with Crippen LogP contribution in [0, 0.1) is 12.3 Å². The maximum atomic E-state index is 12.7. The molecule has 6 rings (SSSR count). The molecule has 1 amide bonds. The summed E-state index contributed by atoms with van der Waals surface area (Å²) >= 11 is 0. The van der Waals surface area contributed by atoms with Crippen LogP contribution in [0.4, 0.5) is 28.8 Å². The Morgan fingerprint density at radius 2 is 2.00 bits per heavy atom. The van der Waals surface area contributed by atoms with Crippen molar-refractivity contribution < 1.29 is 9.53 Å². The zero-order chi connectivity index (χ0) is 27.0. The molecule has 1 aliphatic heterocycles. The number of nitrogens with one attached hydrogen (secondary N) is 3. The molecule has 1 spiro atoms. The maximum absolute atomic E-state index is 12.7. The van der Waals surface area contributed by atoms with Crippen LogP contribution >= 0.6 is 0 Å². The predicted molar refractivity (Wildman–Crippen MR) is 147 cm³/mol. The van der Waals surface area contributed by atoms with E-state index in [1.165, 1.54) is 19.3 Å². The summed E-state index contributed by atoms with van der Waals surface area (Å²) in [5.74, 6) is 1.02. The molecule has 0 atom stereocenters. The minimum atomic E-state index is -0.0229. The second-order valence-corrected chi connectivity index (χ2v) is 10.5. The summed E-state index contributed by atoms with van der Waals surface area (Å²) in [7, 11) is 3.49. The number of likely N-dealkylation sites (tertiary alicyclic amines) is 1. The van der Waals surface area contributed by atoms with Crippen molar-refractivity contribution in [1.29, 1.82) is 0 Å². The largest absolute Gasteiger partial charge is 0.383 e. The van der Waals surface area contributed by atoms with E-state index in [2.05, 4.69) is 46.0 Å². The molecule has 13 heteroatoms. The van der Waals surface area contributed by atoms with Gasteiger partial charge in [-0.2, -0.15) is 15.2 Å². The molecular weight excluding hydrogens is 498 g/mol. The van der Waals surface area contributed by atoms with Crippen molar-refractivity contribution >= 4 is 45.8 Å². The van der Waals surface area contributed by atoms with E-state index in [9.17, 15) is 4.79 Å². The minimum Gasteiger partial charge on any atom is -0.383 e. The van der Waals surface area contributed by atoms with E-state index in [-0.39, 0.29) is 5.91 Å². The van der Waals surface area contributed by atoms with Gasteiger partial charge >= 0.3 is 0 Å². The summed E-state index contributed by atoms with van der Waals surface area (Å²) in [6.07, 6.45) is 10.8. The van der Waals surface area contributed by atoms with Gasteiger partial charge in [-0.15, -0.1) is 0 Å². The lowest BCUT2D eigenvalue weighted by Gasteiger charge is -2.16. The molecule has 1 saturated heterocycles. The first-order valence-corrected chi connectivity index (χ1v) is 13.1. The average Bonchev–Trinajstić information content (AvgIpc) is 3.18. The summed E-state index contributed by atoms with van der Waals surface area (Å²) in [5.41, 5.74) is 4.12. The zero-order valence-electron chi connectivity index (χ0n) is 22.4. The second-order valence-electron chi connectivity index (χ2n) is 10.5. The highest BCUT2D eigenvalue weighted by Crippen LogP contribution is 2.52. The standard InChI is InChI=1S/C26H33N11O2/c1-17-21(10-18(11-27-17)30-22(38)15-36-7-6-26(16-36)4-5-26)32-23-20-13-28-25(33-24(20)35(2)34-23)31-19-12-29-37(14-19)8-9-39-3/h10-14H,4-9,15-16H2,1-3H3,(H,30,38)(H,32,34)(H,28,31,33). The number of hydrogen-bond donors (Lipinski definition) is 3. The summed E-state index contributed by atoms with van der Waals surface area (Å²) in [5, 5.41) is 19.2. The molecule has 204 valence electrons. The molecule has 0 bridgehead atoms. The lowest BCUT2D eigenvalue weighted by atomic mass is 10.1. The van der Waals surface area contributed by atoms with E-state index in [4.69, 9.17) is 4.74 Å². The highest BCUT2D eigenvalue weighted by molar-refractivity contribution is 5.93. The average molecular weight is 532 g/mol. The Hall–Kier alpha value is -4.10. The quantitative estimate of drug-likeness (QED) is 0.280. The van der Waals surface area contributed by atoms with E-state index in [1.54, 1.807) is 35.1 Å². The Bertz CT molecular complexity index is 1510. The Morgan fingerprint density at radius 3 is 2.79 bits per heavy atom. The van der Waals surface area contributed by atoms with E-state index in [0.29, 0.717) is 48.2 Å². The monoisotopic (exact) mass is 531 g/mol. The van der Waals surface area contributed by atoms with Crippen molar-refractivity contribution in [3.8, 4) is 0 Å². The first kappa shape index (κ1) is 25.2. The van der Waals surface area contributed by atoms with Crippen LogP contribution in [-0.2, 0) is 23.1 Å². The van der Waals surface area contributed by atoms with Crippen molar-refractivity contribution in [2.75, 3.05) is 49.3 Å². The lowest BCUT2D eigenvalue weighted by Crippen LogP contribution is -2.31. The number of pyridine rings is 1. The summed E-state index contributed by atoms with van der Waals surface area (Å²) in [6, 6.07) is 1.88. The summed E-state index contributed by atoms with van der Waals surface area (Å²) < 4.78 is 8.59. The van der Waals surface area contributed by atoms with Gasteiger partial charge in [-0.25, -0.2) is 9.67 Å². The number of aromatic nitrogens is 7. The molecule has 4 aromatic heterocycles. The second kappa shape index (κ2) is 10.2. The number of carbonyl (C=O) groups excluding carboxylic acids is 1. The number of rotatable bonds is 10. The molecule has 3 N–H and O–H groups in total. The van der Waals surface area contributed by atoms with Gasteiger partial charge in [0.2, 0.25) is 11.9 Å². The van der Waals surface area contributed by atoms with Gasteiger partial charge in [-0.1, -0.05) is 0 Å². The molecule has 13 nitrogen and oxygen atoms in total. The number of hydrogen-bond acceptors (Lipinski definition) is 10. The fraction of sp³-hybridized carbons (Fsp3) is 0.462. The van der Waals surface area contributed by atoms with Gasteiger partial charge < -0.3 is 20.7 Å². The van der Waals surface area contributed by atoms with Gasteiger partial charge in [-0.3, -0.25) is 19.4 Å². The molecule has 1 saturated carbocycles. The van der Waals surface area contributed by atoms with Gasteiger partial charge in [0.05, 0.1) is 60.2 Å². The molecule has 0 aromatic carbocycles. The Kier molecular flexibility index (Phi) is 6.61. The van der Waals surface area contributed by atoms with Crippen molar-refractivity contribution in [2.24, 2.45) is 12.5 Å². The third kappa shape index (κ3) is 5.54. The van der Waals surface area contributed by atoms with Gasteiger partial charge in [0.25, 0.3) is 0 Å². The van der Waals surface area contributed by atoms with Crippen molar-refractivity contribution in [3.63, 3.8) is 0 Å². The third-order valence-corrected chi connectivity index (χ3v) is 7.46. The molecule has 0 radical (unpaired) electrons. The molecule has 4 aromatic rings. The predicted octanol–water partition coefficient (Wildman–Crippen LogP) is 2.82. The molecular formula is C26H33N11O2. The van der Waals surface area contributed by atoms with Crippen LogP contribution in [0.1, 0.15) is 25.0 Å². The van der Waals surface area contributed by atoms with E-state index >= 15 is 0 Å². The van der Waals surface area contributed by atoms with E-state index in [0.717, 1.165) is 35.5 Å². The number of ether oxygens (including phenoxy) is 1. The van der Waals surface area contributed by atoms with Crippen LogP contribution < -0.4 is 16.0 Å². The van der Waals surface area contributed by atoms with E-state index in [1.807, 2.05) is 26.2 Å². The van der Waals surface area contributed by atoms with Crippen molar-refractivity contribution in [2.45, 2.75) is 32.7 Å². The van der Waals surface area contributed by atoms with Gasteiger partial charge in [0.15, 0.2) is 11.5 Å².